The van der Waals surface area contributed by atoms with E-state index in [2.05, 4.69) is 112 Å². The van der Waals surface area contributed by atoms with Gasteiger partial charge in [0.15, 0.2) is 9.84 Å². The van der Waals surface area contributed by atoms with Gasteiger partial charge in [-0.25, -0.2) is 38.3 Å². The first kappa shape index (κ1) is 93.0. The Kier molecular flexibility index (Phi) is 33.6. The minimum absolute atomic E-state index is 0.0841. The zero-order valence-electron chi connectivity index (χ0n) is 70.0. The average molecular weight is 1790 g/mol. The van der Waals surface area contributed by atoms with Crippen molar-refractivity contribution in [2.24, 2.45) is 29.4 Å². The fourth-order valence-corrected chi connectivity index (χ4v) is 17.8. The van der Waals surface area contributed by atoms with Crippen LogP contribution in [0.25, 0.3) is 0 Å². The van der Waals surface area contributed by atoms with Crippen LogP contribution in [-0.4, -0.2) is 230 Å². The summed E-state index contributed by atoms with van der Waals surface area (Å²) in [4.78, 5) is 96.9. The summed E-state index contributed by atoms with van der Waals surface area (Å²) in [7, 11) is -0.341. The monoisotopic (exact) mass is 1790 g/mol. The summed E-state index contributed by atoms with van der Waals surface area (Å²) in [6, 6.07) is 15.7. The molecule has 7 fully saturated rings. The number of hydrogen-bond donors (Lipinski definition) is 11. The Labute approximate surface area is 733 Å². The third kappa shape index (κ3) is 27.0. The van der Waals surface area contributed by atoms with Gasteiger partial charge in [0.25, 0.3) is 0 Å². The first-order valence-electron chi connectivity index (χ1n) is 42.1. The number of likely N-dealkylation sites (tertiary alicyclic amines) is 3. The Balaban J connectivity index is 0.000000152. The SMILES string of the molecule is COc1ncccc1CNc1ncc([N+](=O)[O-])c(NCC2CCC(N3CC(O)C3)CC2)n1.COc1ncccc1CNc1ncc([N+](=O)[O-])c(NCC2CCC(N3CCC3)CC2)n1.CS(=O)(=O)c1ccc(Cl)cc1CNc1ncc([N+](=O)[O-])c(NCC2CCC(N)CC2)n1.O=[N+]([O-])c1cnc(NCc2ccncc2Cl)nc1NCC1CCC(N2CC(O)C2)CC1. The lowest BCUT2D eigenvalue weighted by Gasteiger charge is -2.44. The summed E-state index contributed by atoms with van der Waals surface area (Å²) in [5.74, 6) is 4.62. The zero-order chi connectivity index (χ0) is 88.5. The van der Waals surface area contributed by atoms with E-state index in [1.807, 2.05) is 24.3 Å². The van der Waals surface area contributed by atoms with Crippen LogP contribution in [0.3, 0.4) is 0 Å². The third-order valence-electron chi connectivity index (χ3n) is 23.8. The summed E-state index contributed by atoms with van der Waals surface area (Å²) in [6.45, 7) is 9.32. The van der Waals surface area contributed by atoms with Crippen LogP contribution in [-0.2, 0) is 36.0 Å². The molecule has 4 saturated carbocycles. The quantitative estimate of drug-likeness (QED) is 0.0132. The maximum Gasteiger partial charge on any atom is 0.329 e. The molecule has 7 aromatic heterocycles. The van der Waals surface area contributed by atoms with Crippen LogP contribution >= 0.6 is 23.2 Å². The van der Waals surface area contributed by atoms with Crippen molar-refractivity contribution >= 4 is 103 Å². The predicted molar refractivity (Wildman–Crippen MR) is 472 cm³/mol. The molecule has 15 rings (SSSR count). The number of nitrogens with two attached hydrogens (primary N) is 1. The lowest BCUT2D eigenvalue weighted by Crippen LogP contribution is -2.56. The molecule has 0 amide bonds. The number of ether oxygens (including phenoxy) is 2. The molecule has 1 aromatic carbocycles. The number of sulfone groups is 1. The van der Waals surface area contributed by atoms with Crippen LogP contribution in [0.5, 0.6) is 11.8 Å². The molecule has 10 heterocycles. The minimum atomic E-state index is -3.46. The van der Waals surface area contributed by atoms with E-state index in [0.717, 1.165) is 151 Å². The molecule has 44 heteroatoms. The number of nitrogens with one attached hydrogen (secondary N) is 8. The van der Waals surface area contributed by atoms with Crippen LogP contribution in [0.4, 0.5) is 69.8 Å². The molecule has 3 aliphatic heterocycles. The summed E-state index contributed by atoms with van der Waals surface area (Å²) < 4.78 is 34.5. The van der Waals surface area contributed by atoms with Gasteiger partial charge in [0.1, 0.15) is 24.8 Å². The van der Waals surface area contributed by atoms with Crippen molar-refractivity contribution < 1.29 is 47.8 Å². The van der Waals surface area contributed by atoms with Gasteiger partial charge in [-0.1, -0.05) is 35.3 Å². The number of rotatable bonds is 34. The van der Waals surface area contributed by atoms with Gasteiger partial charge in [-0.15, -0.1) is 0 Å². The Hall–Kier alpha value is -11.1. The van der Waals surface area contributed by atoms with Crippen LogP contribution in [0.2, 0.25) is 10.0 Å². The number of methoxy groups -OCH3 is 2. The molecule has 3 saturated heterocycles. The van der Waals surface area contributed by atoms with E-state index >= 15 is 0 Å². The van der Waals surface area contributed by atoms with E-state index in [1.165, 1.54) is 63.1 Å². The van der Waals surface area contributed by atoms with Crippen molar-refractivity contribution in [1.82, 2.24) is 69.5 Å². The lowest BCUT2D eigenvalue weighted by atomic mass is 9.84. The van der Waals surface area contributed by atoms with E-state index in [1.54, 1.807) is 51.1 Å². The molecular formula is C81H109Cl2N27O14S. The molecule has 7 aliphatic rings. The number of halogens is 2. The van der Waals surface area contributed by atoms with Crippen molar-refractivity contribution in [3.05, 3.63) is 171 Å². The predicted octanol–water partition coefficient (Wildman–Crippen LogP) is 10.8. The Morgan fingerprint density at radius 1 is 0.448 bits per heavy atom. The molecule has 41 nitrogen and oxygen atoms in total. The number of pyridine rings is 3. The van der Waals surface area contributed by atoms with Gasteiger partial charge in [-0.05, 0) is 193 Å². The number of aliphatic hydroxyl groups excluding tert-OH is 2. The highest BCUT2D eigenvalue weighted by Crippen LogP contribution is 2.37. The molecule has 0 atom stereocenters. The highest BCUT2D eigenvalue weighted by Gasteiger charge is 2.37. The number of aliphatic hydroxyl groups is 2. The number of anilines is 8. The second-order valence-electron chi connectivity index (χ2n) is 32.4. The lowest BCUT2D eigenvalue weighted by molar-refractivity contribution is -0.384. The van der Waals surface area contributed by atoms with E-state index < -0.39 is 29.5 Å². The molecule has 0 spiro atoms. The van der Waals surface area contributed by atoms with Gasteiger partial charge in [-0.3, -0.25) is 55.2 Å². The smallest absolute Gasteiger partial charge is 0.329 e. The molecule has 0 radical (unpaired) electrons. The van der Waals surface area contributed by atoms with E-state index in [9.17, 15) is 59.1 Å². The first-order chi connectivity index (χ1) is 60.3. The highest BCUT2D eigenvalue weighted by atomic mass is 35.5. The normalized spacial score (nSPS) is 21.0. The summed E-state index contributed by atoms with van der Waals surface area (Å²) in [5, 5.41) is 90.4. The number of β-amino-alcohol motifs (C(OH)–C–C–N with tert-alkyl or cyclic N) is 2. The molecule has 125 heavy (non-hydrogen) atoms. The summed E-state index contributed by atoms with van der Waals surface area (Å²) in [6.07, 6.45) is 30.5. The molecule has 0 bridgehead atoms. The van der Waals surface area contributed by atoms with Gasteiger partial charge in [0.05, 0.1) is 56.0 Å². The number of nitro groups is 4. The highest BCUT2D eigenvalue weighted by molar-refractivity contribution is 7.90. The Morgan fingerprint density at radius 3 is 1.11 bits per heavy atom. The van der Waals surface area contributed by atoms with Gasteiger partial charge in [0.2, 0.25) is 58.8 Å². The Morgan fingerprint density at radius 2 is 0.792 bits per heavy atom. The second kappa shape index (κ2) is 45.2. The van der Waals surface area contributed by atoms with Gasteiger partial charge < -0.3 is 72.9 Å². The molecule has 4 aliphatic carbocycles. The average Bonchev–Trinajstić information content (AvgIpc) is 0.853. The molecule has 0 unspecified atom stereocenters. The Bertz CT molecular complexity index is 5040. The van der Waals surface area contributed by atoms with Crippen molar-refractivity contribution in [2.45, 2.75) is 177 Å². The zero-order valence-corrected chi connectivity index (χ0v) is 72.3. The third-order valence-corrected chi connectivity index (χ3v) is 25.5. The first-order valence-corrected chi connectivity index (χ1v) is 44.8. The van der Waals surface area contributed by atoms with Crippen LogP contribution in [0.15, 0.2) is 103 Å². The van der Waals surface area contributed by atoms with Crippen LogP contribution in [0, 0.1) is 64.1 Å². The summed E-state index contributed by atoms with van der Waals surface area (Å²) in [5.41, 5.74) is 8.27. The van der Waals surface area contributed by atoms with E-state index in [4.69, 9.17) is 38.4 Å². The molecule has 672 valence electrons. The standard InChI is InChI=1S/C21H29N7O4.C21H29N7O3.C20H26ClN7O3.C19H25ClN6O4S/c1-32-20-15(3-2-8-22-20)10-24-21-25-11-18(28(30)31)19(26-21)23-9-14-4-6-16(7-5-14)27-12-17(29)13-27;1-31-20-16(4-2-9-22-20)13-24-21-25-14-18(28(29)30)19(26-21)23-12-15-5-7-17(8-6-15)27-10-3-11-27;21-17-9-22-6-5-14(17)8-24-20-25-10-18(28(30)31)19(26-20)23-7-13-1-3-15(4-2-13)27-11-16(29)12-27;1-31(29,30)17-7-4-14(20)8-13(17)10-23-19-24-11-16(26(27)28)18(25-19)22-9-12-2-5-15(21)6-3-12/h2-3,8,11,14,16-17,29H,4-7,9-10,12-13H2,1H3,(H2,23,24,25,26);2,4,9,14-15,17H,3,5-8,10-13H2,1H3,(H2,23,24,25,26);5-6,9-10,13,15-16,29H,1-4,7-8,11-12H2,(H2,23,24,25,26);4,7-8,11-12,15H,2-3,5-6,9-10,21H2,1H3,(H2,22,23,24,25). The molecule has 8 aromatic rings. The maximum absolute atomic E-state index is 12.0. The van der Waals surface area contributed by atoms with Crippen molar-refractivity contribution in [3.63, 3.8) is 0 Å². The molecular weight excluding hydrogens is 1680 g/mol. The second-order valence-corrected chi connectivity index (χ2v) is 35.2. The van der Waals surface area contributed by atoms with Crippen molar-refractivity contribution in [1.29, 1.82) is 0 Å². The van der Waals surface area contributed by atoms with Gasteiger partial charge in [0, 0.05) is 150 Å². The summed E-state index contributed by atoms with van der Waals surface area (Å²) >= 11 is 12.1. The van der Waals surface area contributed by atoms with E-state index in [0.29, 0.717) is 127 Å². The van der Waals surface area contributed by atoms with Crippen molar-refractivity contribution in [3.8, 4) is 11.8 Å². The maximum atomic E-state index is 12.0. The van der Waals surface area contributed by atoms with Crippen LogP contribution in [0.1, 0.15) is 131 Å². The minimum Gasteiger partial charge on any atom is -0.481 e. The number of nitrogens with zero attached hydrogens (tertiary/aromatic N) is 18. The van der Waals surface area contributed by atoms with Crippen LogP contribution < -0.4 is 57.7 Å². The largest absolute Gasteiger partial charge is 0.481 e. The molecule has 12 N–H and O–H groups in total. The number of benzene rings is 1. The van der Waals surface area contributed by atoms with Gasteiger partial charge >= 0.3 is 22.7 Å². The number of hydrogen-bond acceptors (Lipinski definition) is 37. The van der Waals surface area contributed by atoms with E-state index in [-0.39, 0.29) is 81.7 Å². The van der Waals surface area contributed by atoms with Crippen molar-refractivity contribution in [2.75, 3.05) is 128 Å². The topological polar surface area (TPSA) is 539 Å². The fraction of sp³-hybridized carbons (Fsp3) is 0.543. The fourth-order valence-electron chi connectivity index (χ4n) is 16.5. The van der Waals surface area contributed by atoms with Gasteiger partial charge in [-0.2, -0.15) is 19.9 Å². The number of aromatic nitrogens is 11.